The lowest BCUT2D eigenvalue weighted by Gasteiger charge is -2.02. The Hall–Kier alpha value is -1.50. The molecule has 0 aliphatic carbocycles. The molecule has 0 saturated carbocycles. The van der Waals surface area contributed by atoms with Crippen molar-refractivity contribution in [3.8, 4) is 10.6 Å². The fourth-order valence-corrected chi connectivity index (χ4v) is 2.62. The minimum atomic E-state index is -1.06. The second-order valence-electron chi connectivity index (χ2n) is 3.91. The number of thiazole rings is 1. The van der Waals surface area contributed by atoms with Gasteiger partial charge in [-0.1, -0.05) is 11.6 Å². The molecular weight excluding hydrogens is 291 g/mol. The molecule has 3 N–H and O–H groups in total. The maximum absolute atomic E-state index is 13.0. The van der Waals surface area contributed by atoms with Gasteiger partial charge in [-0.15, -0.1) is 11.3 Å². The van der Waals surface area contributed by atoms with Crippen molar-refractivity contribution in [1.29, 1.82) is 0 Å². The third-order valence-corrected chi connectivity index (χ3v) is 3.82. The van der Waals surface area contributed by atoms with E-state index < -0.39 is 17.8 Å². The lowest BCUT2D eigenvalue weighted by atomic mass is 10.2. The Kier molecular flexibility index (Phi) is 4.14. The summed E-state index contributed by atoms with van der Waals surface area (Å²) in [5.41, 5.74) is 6.14. The summed E-state index contributed by atoms with van der Waals surface area (Å²) >= 11 is 7.01. The summed E-state index contributed by atoms with van der Waals surface area (Å²) < 4.78 is 13.0. The number of carboxylic acid groups (broad SMARTS) is 1. The normalized spacial score (nSPS) is 12.4. The highest BCUT2D eigenvalue weighted by Gasteiger charge is 2.15. The molecule has 19 heavy (non-hydrogen) atoms. The number of aliphatic carboxylic acids is 1. The number of rotatable bonds is 4. The van der Waals surface area contributed by atoms with Crippen molar-refractivity contribution in [3.05, 3.63) is 40.1 Å². The standard InChI is InChI=1S/C12H10ClFN2O2S/c13-8-3-6(1-2-9(8)14)11-16-5-7(19-11)4-10(15)12(17)18/h1-3,5,10H,4,15H2,(H,17,18). The molecular formula is C12H10ClFN2O2S. The number of aromatic nitrogens is 1. The third kappa shape index (κ3) is 3.28. The predicted molar refractivity (Wildman–Crippen MR) is 71.8 cm³/mol. The zero-order valence-corrected chi connectivity index (χ0v) is 11.2. The van der Waals surface area contributed by atoms with Gasteiger partial charge < -0.3 is 10.8 Å². The summed E-state index contributed by atoms with van der Waals surface area (Å²) in [6.45, 7) is 0. The number of carbonyl (C=O) groups is 1. The Morgan fingerprint density at radius 2 is 2.32 bits per heavy atom. The monoisotopic (exact) mass is 300 g/mol. The SMILES string of the molecule is NC(Cc1cnc(-c2ccc(F)c(Cl)c2)s1)C(=O)O. The van der Waals surface area contributed by atoms with E-state index in [1.54, 1.807) is 12.3 Å². The van der Waals surface area contributed by atoms with Crippen LogP contribution in [0.4, 0.5) is 4.39 Å². The average Bonchev–Trinajstić information content (AvgIpc) is 2.81. The molecule has 7 heteroatoms. The Morgan fingerprint density at radius 1 is 1.58 bits per heavy atom. The molecule has 1 unspecified atom stereocenters. The van der Waals surface area contributed by atoms with Gasteiger partial charge in [0.05, 0.1) is 5.02 Å². The van der Waals surface area contributed by atoms with Crippen molar-refractivity contribution >= 4 is 28.9 Å². The molecule has 1 aromatic carbocycles. The largest absolute Gasteiger partial charge is 0.480 e. The highest BCUT2D eigenvalue weighted by molar-refractivity contribution is 7.15. The summed E-state index contributed by atoms with van der Waals surface area (Å²) in [5, 5.41) is 9.41. The fourth-order valence-electron chi connectivity index (χ4n) is 1.47. The number of hydrogen-bond acceptors (Lipinski definition) is 4. The second kappa shape index (κ2) is 5.64. The van der Waals surface area contributed by atoms with Gasteiger partial charge in [0.1, 0.15) is 16.9 Å². The highest BCUT2D eigenvalue weighted by atomic mass is 35.5. The number of hydrogen-bond donors (Lipinski definition) is 2. The Labute approximate surface area is 117 Å². The Morgan fingerprint density at radius 3 is 2.95 bits per heavy atom. The topological polar surface area (TPSA) is 76.2 Å². The minimum Gasteiger partial charge on any atom is -0.480 e. The zero-order valence-electron chi connectivity index (χ0n) is 9.64. The molecule has 1 heterocycles. The van der Waals surface area contributed by atoms with Crippen molar-refractivity contribution in [2.75, 3.05) is 0 Å². The van der Waals surface area contributed by atoms with Crippen LogP contribution in [0.3, 0.4) is 0 Å². The predicted octanol–water partition coefficient (Wildman–Crippen LogP) is 2.56. The summed E-state index contributed by atoms with van der Waals surface area (Å²) in [4.78, 5) is 15.6. The minimum absolute atomic E-state index is 0.0245. The van der Waals surface area contributed by atoms with E-state index in [0.29, 0.717) is 10.6 Å². The van der Waals surface area contributed by atoms with Crippen LogP contribution in [0.5, 0.6) is 0 Å². The van der Waals surface area contributed by atoms with Crippen molar-refractivity contribution in [1.82, 2.24) is 4.98 Å². The van der Waals surface area contributed by atoms with Crippen LogP contribution in [0.25, 0.3) is 10.6 Å². The van der Waals surface area contributed by atoms with Crippen molar-refractivity contribution in [3.63, 3.8) is 0 Å². The first-order valence-corrected chi connectivity index (χ1v) is 6.55. The Balaban J connectivity index is 2.20. The number of nitrogens with zero attached hydrogens (tertiary/aromatic N) is 1. The molecule has 0 radical (unpaired) electrons. The molecule has 2 aromatic rings. The molecule has 0 aliphatic rings. The van der Waals surface area contributed by atoms with E-state index in [1.165, 1.54) is 23.5 Å². The van der Waals surface area contributed by atoms with Gasteiger partial charge in [-0.3, -0.25) is 4.79 Å². The van der Waals surface area contributed by atoms with Crippen LogP contribution in [-0.4, -0.2) is 22.1 Å². The van der Waals surface area contributed by atoms with E-state index in [4.69, 9.17) is 22.4 Å². The van der Waals surface area contributed by atoms with Crippen LogP contribution in [0.2, 0.25) is 5.02 Å². The van der Waals surface area contributed by atoms with Gasteiger partial charge in [0.25, 0.3) is 0 Å². The van der Waals surface area contributed by atoms with Gasteiger partial charge in [0.15, 0.2) is 0 Å². The molecule has 2 rings (SSSR count). The third-order valence-electron chi connectivity index (χ3n) is 2.46. The maximum Gasteiger partial charge on any atom is 0.320 e. The molecule has 1 atom stereocenters. The lowest BCUT2D eigenvalue weighted by Crippen LogP contribution is -2.31. The maximum atomic E-state index is 13.0. The van der Waals surface area contributed by atoms with Gasteiger partial charge in [0.2, 0.25) is 0 Å². The van der Waals surface area contributed by atoms with E-state index in [0.717, 1.165) is 4.88 Å². The van der Waals surface area contributed by atoms with Crippen LogP contribution < -0.4 is 5.73 Å². The van der Waals surface area contributed by atoms with Crippen LogP contribution in [-0.2, 0) is 11.2 Å². The van der Waals surface area contributed by atoms with E-state index >= 15 is 0 Å². The van der Waals surface area contributed by atoms with Crippen molar-refractivity contribution in [2.24, 2.45) is 5.73 Å². The van der Waals surface area contributed by atoms with E-state index in [9.17, 15) is 9.18 Å². The molecule has 0 amide bonds. The van der Waals surface area contributed by atoms with Crippen molar-refractivity contribution < 1.29 is 14.3 Å². The molecule has 0 fully saturated rings. The number of nitrogens with two attached hydrogens (primary N) is 1. The number of halogens is 2. The fraction of sp³-hybridized carbons (Fsp3) is 0.167. The number of benzene rings is 1. The molecule has 100 valence electrons. The second-order valence-corrected chi connectivity index (χ2v) is 5.43. The number of carboxylic acids is 1. The van der Waals surface area contributed by atoms with Gasteiger partial charge >= 0.3 is 5.97 Å². The van der Waals surface area contributed by atoms with Gasteiger partial charge in [0, 0.05) is 23.1 Å². The van der Waals surface area contributed by atoms with E-state index in [1.807, 2.05) is 0 Å². The molecule has 0 aliphatic heterocycles. The van der Waals surface area contributed by atoms with E-state index in [-0.39, 0.29) is 11.4 Å². The lowest BCUT2D eigenvalue weighted by molar-refractivity contribution is -0.138. The van der Waals surface area contributed by atoms with Gasteiger partial charge in [-0.05, 0) is 18.2 Å². The van der Waals surface area contributed by atoms with Crippen LogP contribution in [0.15, 0.2) is 24.4 Å². The first kappa shape index (κ1) is 13.9. The van der Waals surface area contributed by atoms with E-state index in [2.05, 4.69) is 4.98 Å². The molecule has 4 nitrogen and oxygen atoms in total. The van der Waals surface area contributed by atoms with Gasteiger partial charge in [-0.2, -0.15) is 0 Å². The molecule has 0 spiro atoms. The van der Waals surface area contributed by atoms with Crippen molar-refractivity contribution in [2.45, 2.75) is 12.5 Å². The van der Waals surface area contributed by atoms with Crippen LogP contribution in [0, 0.1) is 5.82 Å². The quantitative estimate of drug-likeness (QED) is 0.910. The van der Waals surface area contributed by atoms with Crippen LogP contribution >= 0.6 is 22.9 Å². The summed E-state index contributed by atoms with van der Waals surface area (Å²) in [6, 6.07) is 3.37. The first-order chi connectivity index (χ1) is 8.97. The highest BCUT2D eigenvalue weighted by Crippen LogP contribution is 2.28. The Bertz CT molecular complexity index is 618. The summed E-state index contributed by atoms with van der Waals surface area (Å²) in [5.74, 6) is -1.55. The molecule has 1 aromatic heterocycles. The van der Waals surface area contributed by atoms with Crippen LogP contribution in [0.1, 0.15) is 4.88 Å². The molecule has 0 saturated heterocycles. The summed E-state index contributed by atoms with van der Waals surface area (Å²) in [7, 11) is 0. The average molecular weight is 301 g/mol. The zero-order chi connectivity index (χ0) is 14.0. The smallest absolute Gasteiger partial charge is 0.320 e. The summed E-state index contributed by atoms with van der Waals surface area (Å²) in [6.07, 6.45) is 1.78. The first-order valence-electron chi connectivity index (χ1n) is 5.36. The van der Waals surface area contributed by atoms with Gasteiger partial charge in [-0.25, -0.2) is 9.37 Å². The molecule has 0 bridgehead atoms.